The molecular weight excluding hydrogens is 529 g/mol. The van der Waals surface area contributed by atoms with Gasteiger partial charge in [0.1, 0.15) is 16.8 Å². The van der Waals surface area contributed by atoms with Crippen LogP contribution < -0.4 is 5.32 Å². The van der Waals surface area contributed by atoms with Gasteiger partial charge in [-0.2, -0.15) is 18.4 Å². The molecule has 1 aromatic carbocycles. The second-order valence-corrected chi connectivity index (χ2v) is 12.3. The molecule has 5 nitrogen and oxygen atoms in total. The average Bonchev–Trinajstić information content (AvgIpc) is 3.23. The molecule has 4 rings (SSSR count). The lowest BCUT2D eigenvalue weighted by atomic mass is 9.69. The number of anilines is 1. The quantitative estimate of drug-likeness (QED) is 0.238. The Bertz CT molecular complexity index is 1370. The predicted molar refractivity (Wildman–Crippen MR) is 145 cm³/mol. The first kappa shape index (κ1) is 28.1. The molecule has 1 N–H and O–H groups in total. The number of halogens is 3. The highest BCUT2D eigenvalue weighted by Gasteiger charge is 2.35. The van der Waals surface area contributed by atoms with Crippen molar-refractivity contribution in [1.82, 2.24) is 9.97 Å². The van der Waals surface area contributed by atoms with Gasteiger partial charge in [-0.05, 0) is 49.1 Å². The van der Waals surface area contributed by atoms with Crippen molar-refractivity contribution in [1.29, 1.82) is 5.26 Å². The molecule has 1 atom stereocenters. The number of alkyl halides is 3. The molecule has 0 saturated carbocycles. The van der Waals surface area contributed by atoms with Crippen LogP contribution in [0.15, 0.2) is 35.5 Å². The normalized spacial score (nSPS) is 15.6. The minimum absolute atomic E-state index is 0.137. The van der Waals surface area contributed by atoms with Crippen LogP contribution in [-0.2, 0) is 23.8 Å². The summed E-state index contributed by atoms with van der Waals surface area (Å²) >= 11 is 2.26. The second-order valence-electron chi connectivity index (χ2n) is 10.2. The highest BCUT2D eigenvalue weighted by Crippen LogP contribution is 2.45. The molecule has 38 heavy (non-hydrogen) atoms. The number of hydrogen-bond donors (Lipinski definition) is 1. The van der Waals surface area contributed by atoms with Gasteiger partial charge in [0.15, 0.2) is 5.16 Å². The van der Waals surface area contributed by atoms with Crippen LogP contribution in [0, 0.1) is 29.6 Å². The van der Waals surface area contributed by atoms with E-state index in [1.807, 2.05) is 6.92 Å². The smallest absolute Gasteiger partial charge is 0.316 e. The maximum Gasteiger partial charge on any atom is 0.433 e. The van der Waals surface area contributed by atoms with Crippen molar-refractivity contribution in [3.63, 3.8) is 0 Å². The standard InChI is InChI=1S/C28H29F3N4OS2/c1-5-27(3,4)18-10-11-19-20(14-32)25(38-22(19)12-18)35-24(36)15-37-26-33-21(13-23(34-26)28(29,30)31)17-8-6-16(2)7-9-17/h6-9,13,18H,5,10-12,15H2,1-4H3,(H,35,36)/t18-/m1/s1. The summed E-state index contributed by atoms with van der Waals surface area (Å²) < 4.78 is 40.6. The summed E-state index contributed by atoms with van der Waals surface area (Å²) in [4.78, 5) is 21.9. The van der Waals surface area contributed by atoms with E-state index in [2.05, 4.69) is 42.1 Å². The third kappa shape index (κ3) is 6.21. The van der Waals surface area contributed by atoms with E-state index in [9.17, 15) is 23.2 Å². The predicted octanol–water partition coefficient (Wildman–Crippen LogP) is 7.68. The van der Waals surface area contributed by atoms with E-state index in [-0.39, 0.29) is 22.0 Å². The number of aryl methyl sites for hydroxylation is 1. The third-order valence-electron chi connectivity index (χ3n) is 7.32. The van der Waals surface area contributed by atoms with Crippen molar-refractivity contribution in [2.45, 2.75) is 64.7 Å². The molecule has 3 aromatic rings. The lowest BCUT2D eigenvalue weighted by molar-refractivity contribution is -0.141. The van der Waals surface area contributed by atoms with Gasteiger partial charge in [0.05, 0.1) is 17.0 Å². The number of thiophene rings is 1. The Morgan fingerprint density at radius 3 is 2.58 bits per heavy atom. The molecule has 200 valence electrons. The minimum Gasteiger partial charge on any atom is -0.316 e. The number of benzene rings is 1. The summed E-state index contributed by atoms with van der Waals surface area (Å²) in [5, 5.41) is 13.0. The zero-order chi connectivity index (χ0) is 27.7. The SMILES string of the molecule is CCC(C)(C)[C@@H]1CCc2c(sc(NC(=O)CSc3nc(-c4ccc(C)cc4)cc(C(F)(F)F)n3)c2C#N)C1. The van der Waals surface area contributed by atoms with Crippen LogP contribution in [0.25, 0.3) is 11.3 Å². The first-order chi connectivity index (χ1) is 17.9. The number of aromatic nitrogens is 2. The molecule has 0 spiro atoms. The van der Waals surface area contributed by atoms with Crippen LogP contribution in [0.3, 0.4) is 0 Å². The molecule has 0 fully saturated rings. The lowest BCUT2D eigenvalue weighted by Gasteiger charge is -2.36. The monoisotopic (exact) mass is 558 g/mol. The topological polar surface area (TPSA) is 78.7 Å². The van der Waals surface area contributed by atoms with Crippen LogP contribution in [0.4, 0.5) is 18.2 Å². The largest absolute Gasteiger partial charge is 0.433 e. The first-order valence-electron chi connectivity index (χ1n) is 12.4. The second kappa shape index (κ2) is 11.1. The molecule has 1 aliphatic rings. The highest BCUT2D eigenvalue weighted by molar-refractivity contribution is 7.99. The van der Waals surface area contributed by atoms with E-state index in [0.29, 0.717) is 22.0 Å². The van der Waals surface area contributed by atoms with Crippen molar-refractivity contribution in [3.05, 3.63) is 57.6 Å². The molecule has 0 saturated heterocycles. The van der Waals surface area contributed by atoms with E-state index in [1.165, 1.54) is 11.3 Å². The van der Waals surface area contributed by atoms with E-state index in [1.54, 1.807) is 24.3 Å². The van der Waals surface area contributed by atoms with Gasteiger partial charge < -0.3 is 5.32 Å². The van der Waals surface area contributed by atoms with E-state index < -0.39 is 17.8 Å². The number of rotatable bonds is 7. The average molecular weight is 559 g/mol. The van der Waals surface area contributed by atoms with Gasteiger partial charge in [-0.15, -0.1) is 11.3 Å². The Morgan fingerprint density at radius 1 is 1.24 bits per heavy atom. The number of nitriles is 1. The molecule has 0 radical (unpaired) electrons. The van der Waals surface area contributed by atoms with E-state index in [4.69, 9.17) is 0 Å². The van der Waals surface area contributed by atoms with Gasteiger partial charge in [-0.25, -0.2) is 9.97 Å². The van der Waals surface area contributed by atoms with Gasteiger partial charge in [-0.3, -0.25) is 4.79 Å². The Morgan fingerprint density at radius 2 is 1.95 bits per heavy atom. The fourth-order valence-corrected chi connectivity index (χ4v) is 6.50. The third-order valence-corrected chi connectivity index (χ3v) is 9.34. The van der Waals surface area contributed by atoms with Gasteiger partial charge in [0.2, 0.25) is 5.91 Å². The minimum atomic E-state index is -4.65. The number of carbonyl (C=O) groups excluding carboxylic acids is 1. The van der Waals surface area contributed by atoms with Crippen LogP contribution >= 0.6 is 23.1 Å². The van der Waals surface area contributed by atoms with Crippen molar-refractivity contribution in [3.8, 4) is 17.3 Å². The summed E-state index contributed by atoms with van der Waals surface area (Å²) in [5.41, 5.74) is 2.27. The van der Waals surface area contributed by atoms with E-state index >= 15 is 0 Å². The maximum atomic E-state index is 13.5. The first-order valence-corrected chi connectivity index (χ1v) is 14.2. The van der Waals surface area contributed by atoms with Crippen LogP contribution in [0.1, 0.15) is 60.9 Å². The summed E-state index contributed by atoms with van der Waals surface area (Å²) in [5.74, 6) is -0.105. The molecule has 2 heterocycles. The van der Waals surface area contributed by atoms with Gasteiger partial charge in [0, 0.05) is 10.4 Å². The maximum absolute atomic E-state index is 13.5. The Kier molecular flexibility index (Phi) is 8.19. The molecule has 0 bridgehead atoms. The Balaban J connectivity index is 1.50. The van der Waals surface area contributed by atoms with Gasteiger partial charge in [0.25, 0.3) is 0 Å². The Hall–Kier alpha value is -2.90. The molecule has 0 aliphatic heterocycles. The molecule has 10 heteroatoms. The van der Waals surface area contributed by atoms with Crippen LogP contribution in [0.2, 0.25) is 0 Å². The molecule has 1 amide bonds. The zero-order valence-corrected chi connectivity index (χ0v) is 23.3. The van der Waals surface area contributed by atoms with Crippen molar-refractivity contribution >= 4 is 34.0 Å². The lowest BCUT2D eigenvalue weighted by Crippen LogP contribution is -2.28. The number of amides is 1. The number of nitrogens with one attached hydrogen (secondary N) is 1. The summed E-state index contributed by atoms with van der Waals surface area (Å²) in [6, 6.07) is 10.2. The molecular formula is C28H29F3N4OS2. The number of carbonyl (C=O) groups is 1. The van der Waals surface area contributed by atoms with Crippen LogP contribution in [0.5, 0.6) is 0 Å². The fraction of sp³-hybridized carbons (Fsp3) is 0.429. The summed E-state index contributed by atoms with van der Waals surface area (Å²) in [6.07, 6.45) is -0.915. The number of fused-ring (bicyclic) bond motifs is 1. The molecule has 2 aromatic heterocycles. The van der Waals surface area contributed by atoms with Gasteiger partial charge in [-0.1, -0.05) is 68.8 Å². The summed E-state index contributed by atoms with van der Waals surface area (Å²) in [7, 11) is 0. The van der Waals surface area contributed by atoms with Crippen molar-refractivity contribution in [2.75, 3.05) is 11.1 Å². The van der Waals surface area contributed by atoms with Crippen molar-refractivity contribution < 1.29 is 18.0 Å². The van der Waals surface area contributed by atoms with Crippen molar-refractivity contribution in [2.24, 2.45) is 11.3 Å². The number of nitrogens with zero attached hydrogens (tertiary/aromatic N) is 3. The van der Waals surface area contributed by atoms with Gasteiger partial charge >= 0.3 is 6.18 Å². The Labute approximate surface area is 228 Å². The number of hydrogen-bond acceptors (Lipinski definition) is 6. The van der Waals surface area contributed by atoms with E-state index in [0.717, 1.165) is 59.5 Å². The zero-order valence-electron chi connectivity index (χ0n) is 21.7. The highest BCUT2D eigenvalue weighted by atomic mass is 32.2. The molecule has 1 aliphatic carbocycles. The number of thioether (sulfide) groups is 1. The van der Waals surface area contributed by atoms with Crippen LogP contribution in [-0.4, -0.2) is 21.6 Å². The fourth-order valence-electron chi connectivity index (χ4n) is 4.55. The molecule has 0 unspecified atom stereocenters. The summed E-state index contributed by atoms with van der Waals surface area (Å²) in [6.45, 7) is 8.60.